The third kappa shape index (κ3) is 17.4. The Balaban J connectivity index is 0.000000139. The van der Waals surface area contributed by atoms with Crippen LogP contribution in [0.5, 0.6) is 0 Å². The summed E-state index contributed by atoms with van der Waals surface area (Å²) < 4.78 is 33.9. The minimum Gasteiger partial charge on any atom is -0.459 e. The predicted octanol–water partition coefficient (Wildman–Crippen LogP) is 21.2. The zero-order chi connectivity index (χ0) is 72.2. The lowest BCUT2D eigenvalue weighted by atomic mass is 9.54. The minimum absolute atomic E-state index is 0.0884. The topological polar surface area (TPSA) is 158 Å². The Hall–Kier alpha value is -4.74. The van der Waals surface area contributed by atoms with Crippen LogP contribution in [0.25, 0.3) is 0 Å². The molecule has 0 aromatic rings. The number of unbranched alkanes of at least 4 members (excludes halogenated alkanes) is 4. The van der Waals surface area contributed by atoms with Gasteiger partial charge in [0.25, 0.3) is 0 Å². The summed E-state index contributed by atoms with van der Waals surface area (Å²) in [6.45, 7) is 45.0. The molecule has 18 saturated carbocycles. The van der Waals surface area contributed by atoms with E-state index >= 15 is 0 Å². The van der Waals surface area contributed by atoms with E-state index in [1.54, 1.807) is 20.8 Å². The molecule has 99 heavy (non-hydrogen) atoms. The number of hydrogen-bond acceptors (Lipinski definition) is 12. The van der Waals surface area contributed by atoms with E-state index in [4.69, 9.17) is 28.4 Å². The Labute approximate surface area is 599 Å². The Bertz CT molecular complexity index is 2870. The van der Waals surface area contributed by atoms with E-state index in [9.17, 15) is 28.8 Å². The van der Waals surface area contributed by atoms with Crippen LogP contribution in [0.3, 0.4) is 0 Å². The van der Waals surface area contributed by atoms with Crippen molar-refractivity contribution in [3.63, 3.8) is 0 Å². The van der Waals surface area contributed by atoms with Gasteiger partial charge >= 0.3 is 35.8 Å². The zero-order valence-corrected chi connectivity index (χ0v) is 64.0. The van der Waals surface area contributed by atoms with Crippen molar-refractivity contribution < 1.29 is 57.2 Å². The molecule has 0 radical (unpaired) electrons. The van der Waals surface area contributed by atoms with Gasteiger partial charge in [0.05, 0.1) is 0 Å². The fourth-order valence-electron chi connectivity index (χ4n) is 23.4. The Morgan fingerprint density at radius 1 is 0.364 bits per heavy atom. The van der Waals surface area contributed by atoms with Crippen molar-refractivity contribution in [2.75, 3.05) is 0 Å². The molecule has 6 atom stereocenters. The first-order chi connectivity index (χ1) is 46.6. The average Bonchev–Trinajstić information content (AvgIpc) is 1.74. The first-order valence-corrected chi connectivity index (χ1v) is 39.8. The van der Waals surface area contributed by atoms with E-state index in [2.05, 4.69) is 94.9 Å². The van der Waals surface area contributed by atoms with Crippen LogP contribution in [0.4, 0.5) is 0 Å². The smallest absolute Gasteiger partial charge is 0.333 e. The second-order valence-corrected chi connectivity index (χ2v) is 37.1. The van der Waals surface area contributed by atoms with E-state index in [-0.39, 0.29) is 81.3 Å². The molecule has 0 spiro atoms. The summed E-state index contributed by atoms with van der Waals surface area (Å²) in [7, 11) is 0. The fourth-order valence-corrected chi connectivity index (χ4v) is 23.4. The molecule has 18 rings (SSSR count). The van der Waals surface area contributed by atoms with Crippen LogP contribution in [0.1, 0.15) is 320 Å². The lowest BCUT2D eigenvalue weighted by Crippen LogP contribution is -2.52. The third-order valence-electron chi connectivity index (χ3n) is 30.0. The standard InChI is InChI=1S/C17H28O2.C16H26O2.C14H20O2.C14H22O2.C13H18O2.C13H20O2/c1-4-5-6-7-16-8-11-17(12-9-16,13-10-16)19-15(18)14(2)3;1-3-5-6-7-15-8-11-16(12-9-15,13-10-15)18-14(17)4-2;1-9(2)13(15)16-14-6-10-3-11(7-14)5-12(4-10)8-14;1-9(2)12(15)16-11-8-10-6-7-14(11,5)13(10,3)4;1-2-12(14)15-13-6-9-3-10(7-13)5-11(4-9)8-13;1-5-11(14)15-10-8-9-6-7-13(10,4)12(9,2)3/h2,4-13H2,1,3H3;4H,2-3,5-13H2,1H3;10-12H,1,3-8H2,2H3;10-11H,1,6-8H2,2-5H3;2,9-11H,1,3-8H2;5,9-10H,1,6-8H2,2-4H3. The lowest BCUT2D eigenvalue weighted by Gasteiger charge is -2.55. The highest BCUT2D eigenvalue weighted by Crippen LogP contribution is 2.68. The first-order valence-electron chi connectivity index (χ1n) is 39.8. The largest absolute Gasteiger partial charge is 0.459 e. The third-order valence-corrected chi connectivity index (χ3v) is 30.0. The van der Waals surface area contributed by atoms with Crippen molar-refractivity contribution >= 4 is 35.8 Å². The van der Waals surface area contributed by atoms with Crippen molar-refractivity contribution in [2.24, 2.45) is 79.8 Å². The highest BCUT2D eigenvalue weighted by Gasteiger charge is 2.65. The van der Waals surface area contributed by atoms with Gasteiger partial charge < -0.3 is 28.4 Å². The highest BCUT2D eigenvalue weighted by molar-refractivity contribution is 5.88. The number of fused-ring (bicyclic) bond motifs is 10. The zero-order valence-electron chi connectivity index (χ0n) is 64.0. The minimum atomic E-state index is -0.274. The molecule has 18 aliphatic carbocycles. The first kappa shape index (κ1) is 78.4. The van der Waals surface area contributed by atoms with Crippen LogP contribution in [0, 0.1) is 79.8 Å². The van der Waals surface area contributed by atoms with Gasteiger partial charge in [-0.15, -0.1) is 0 Å². The number of ether oxygens (including phenoxy) is 6. The Morgan fingerprint density at radius 3 is 0.939 bits per heavy atom. The maximum absolute atomic E-state index is 11.8. The van der Waals surface area contributed by atoms with E-state index in [1.807, 2.05) is 0 Å². The Kier molecular flexibility index (Phi) is 24.8. The van der Waals surface area contributed by atoms with Crippen LogP contribution >= 0.6 is 0 Å². The second-order valence-electron chi connectivity index (χ2n) is 37.1. The van der Waals surface area contributed by atoms with Gasteiger partial charge in [-0.3, -0.25) is 0 Å². The normalized spacial score (nSPS) is 39.5. The molecule has 0 aromatic carbocycles. The van der Waals surface area contributed by atoms with Crippen LogP contribution in [-0.2, 0) is 57.2 Å². The van der Waals surface area contributed by atoms with Crippen LogP contribution in [0.2, 0.25) is 0 Å². The monoisotopic (exact) mass is 1370 g/mol. The summed E-state index contributed by atoms with van der Waals surface area (Å²) in [6, 6.07) is 0. The van der Waals surface area contributed by atoms with Crippen molar-refractivity contribution in [1.29, 1.82) is 0 Å². The molecule has 18 fully saturated rings. The van der Waals surface area contributed by atoms with Gasteiger partial charge in [0.15, 0.2) is 0 Å². The van der Waals surface area contributed by atoms with Crippen molar-refractivity contribution in [3.8, 4) is 0 Å². The molecule has 0 heterocycles. The van der Waals surface area contributed by atoms with Crippen LogP contribution < -0.4 is 0 Å². The number of hydrogen-bond donors (Lipinski definition) is 0. The molecular formula is C87H134O12. The summed E-state index contributed by atoms with van der Waals surface area (Å²) in [5, 5.41) is 0. The second kappa shape index (κ2) is 31.3. The number of rotatable bonds is 20. The van der Waals surface area contributed by atoms with Gasteiger partial charge in [-0.25, -0.2) is 28.8 Å². The van der Waals surface area contributed by atoms with Crippen molar-refractivity contribution in [2.45, 2.75) is 355 Å². The summed E-state index contributed by atoms with van der Waals surface area (Å²) in [4.78, 5) is 69.1. The molecular weight excluding hydrogens is 1240 g/mol. The quantitative estimate of drug-likeness (QED) is 0.0492. The Morgan fingerprint density at radius 2 is 0.657 bits per heavy atom. The van der Waals surface area contributed by atoms with E-state index in [0.29, 0.717) is 50.2 Å². The molecule has 0 amide bonds. The number of carbonyl (C=O) groups excluding carboxylic acids is 6. The molecule has 6 unspecified atom stereocenters. The maximum atomic E-state index is 11.8. The predicted molar refractivity (Wildman–Crippen MR) is 393 cm³/mol. The van der Waals surface area contributed by atoms with Crippen LogP contribution in [0.15, 0.2) is 74.4 Å². The maximum Gasteiger partial charge on any atom is 0.333 e. The highest BCUT2D eigenvalue weighted by atomic mass is 16.6. The summed E-state index contributed by atoms with van der Waals surface area (Å²) in [6.07, 6.45) is 50.7. The summed E-state index contributed by atoms with van der Waals surface area (Å²) >= 11 is 0. The number of carbonyl (C=O) groups is 6. The molecule has 12 heteroatoms. The molecule has 16 bridgehead atoms. The molecule has 0 aromatic heterocycles. The van der Waals surface area contributed by atoms with E-state index in [1.165, 1.54) is 172 Å². The summed E-state index contributed by atoms with van der Waals surface area (Å²) in [5.74, 6) is 5.04. The molecule has 0 N–H and O–H groups in total. The lowest BCUT2D eigenvalue weighted by molar-refractivity contribution is -0.182. The molecule has 0 saturated heterocycles. The van der Waals surface area contributed by atoms with Gasteiger partial charge in [-0.05, 0) is 295 Å². The molecule has 0 aliphatic heterocycles. The summed E-state index contributed by atoms with van der Waals surface area (Å²) in [5.41, 5.74) is 3.15. The SMILES string of the molecule is C=C(C)C(=O)OC12CC3CC(CC(C3)C1)C2.C=C(C)C(=O)OC12CCC(CCCCC)(CC1)CC2.C=C(C)C(=O)OC1CC2CCC1(C)C2(C)C.C=CC(=O)OC12CC3CC(CC(C3)C1)C2.C=CC(=O)OC12CCC(CCCCC)(CC1)CC2.C=CC(=O)OC1CC2CCC1(C)C2(C)C. The van der Waals surface area contributed by atoms with Crippen LogP contribution in [-0.4, -0.2) is 70.4 Å². The van der Waals surface area contributed by atoms with E-state index < -0.39 is 0 Å². The molecule has 554 valence electrons. The van der Waals surface area contributed by atoms with Crippen molar-refractivity contribution in [3.05, 3.63) is 74.4 Å². The van der Waals surface area contributed by atoms with E-state index in [0.717, 1.165) is 125 Å². The van der Waals surface area contributed by atoms with Gasteiger partial charge in [0.1, 0.15) is 34.6 Å². The average molecular weight is 1370 g/mol. The fraction of sp³-hybridized carbons (Fsp3) is 0.793. The van der Waals surface area contributed by atoms with Gasteiger partial charge in [-0.2, -0.15) is 0 Å². The van der Waals surface area contributed by atoms with Crippen molar-refractivity contribution in [1.82, 2.24) is 0 Å². The van der Waals surface area contributed by atoms with Gasteiger partial charge in [0, 0.05) is 45.8 Å². The molecule has 12 nitrogen and oxygen atoms in total. The van der Waals surface area contributed by atoms with Gasteiger partial charge in [-0.1, -0.05) is 133 Å². The number of esters is 6. The van der Waals surface area contributed by atoms with Gasteiger partial charge in [0.2, 0.25) is 0 Å². The molecule has 18 aliphatic rings.